The van der Waals surface area contributed by atoms with Crippen LogP contribution in [0, 0.1) is 0 Å². The van der Waals surface area contributed by atoms with Crippen LogP contribution in [0.25, 0.3) is 0 Å². The van der Waals surface area contributed by atoms with E-state index in [1.807, 2.05) is 30.3 Å². The highest BCUT2D eigenvalue weighted by Gasteiger charge is 2.34. The second kappa shape index (κ2) is 11.5. The lowest BCUT2D eigenvalue weighted by Crippen LogP contribution is -2.27. The molecule has 3 N–H and O–H groups in total. The van der Waals surface area contributed by atoms with Crippen LogP contribution < -0.4 is 5.73 Å². The lowest BCUT2D eigenvalue weighted by atomic mass is 9.84. The molecule has 2 unspecified atom stereocenters. The maximum absolute atomic E-state index is 12.0. The SMILES string of the molecule is CCCCc1ncc(CC(N)=O)n1C(c1nn[nH]n1)C(Cc1cccc(Cl)c1Cl)c1ccccc1. The van der Waals surface area contributed by atoms with Gasteiger partial charge in [0.1, 0.15) is 11.9 Å². The van der Waals surface area contributed by atoms with Crippen molar-refractivity contribution < 1.29 is 4.79 Å². The van der Waals surface area contributed by atoms with Gasteiger partial charge in [-0.2, -0.15) is 5.21 Å². The van der Waals surface area contributed by atoms with Gasteiger partial charge in [-0.05, 0) is 30.0 Å². The van der Waals surface area contributed by atoms with E-state index in [9.17, 15) is 4.79 Å². The minimum atomic E-state index is -0.436. The number of aryl methyl sites for hydroxylation is 1. The van der Waals surface area contributed by atoms with E-state index in [1.165, 1.54) is 0 Å². The molecule has 0 bridgehead atoms. The summed E-state index contributed by atoms with van der Waals surface area (Å²) in [4.78, 5) is 16.6. The number of aromatic nitrogens is 6. The quantitative estimate of drug-likeness (QED) is 0.303. The summed E-state index contributed by atoms with van der Waals surface area (Å²) in [6, 6.07) is 15.3. The summed E-state index contributed by atoms with van der Waals surface area (Å²) in [6.07, 6.45) is 5.00. The number of nitrogens with one attached hydrogen (secondary N) is 1. The fourth-order valence-corrected chi connectivity index (χ4v) is 4.83. The normalized spacial score (nSPS) is 13.0. The minimum Gasteiger partial charge on any atom is -0.369 e. The van der Waals surface area contributed by atoms with Gasteiger partial charge in [0.25, 0.3) is 0 Å². The summed E-state index contributed by atoms with van der Waals surface area (Å²) in [5.74, 6) is 0.717. The first-order chi connectivity index (χ1) is 17.0. The minimum absolute atomic E-state index is 0.0485. The van der Waals surface area contributed by atoms with E-state index in [4.69, 9.17) is 28.9 Å². The number of carbonyl (C=O) groups is 1. The number of nitrogens with zero attached hydrogens (tertiary/aromatic N) is 5. The Morgan fingerprint density at radius 3 is 2.63 bits per heavy atom. The molecule has 0 aliphatic rings. The van der Waals surface area contributed by atoms with Crippen molar-refractivity contribution in [3.05, 3.63) is 93.2 Å². The molecule has 0 fully saturated rings. The van der Waals surface area contributed by atoms with Crippen molar-refractivity contribution >= 4 is 29.1 Å². The van der Waals surface area contributed by atoms with Crippen LogP contribution in [-0.4, -0.2) is 36.1 Å². The van der Waals surface area contributed by atoms with Crippen LogP contribution in [0.15, 0.2) is 54.7 Å². The van der Waals surface area contributed by atoms with Gasteiger partial charge in [-0.25, -0.2) is 4.98 Å². The second-order valence-electron chi connectivity index (χ2n) is 8.43. The fraction of sp³-hybridized carbons (Fsp3) is 0.320. The van der Waals surface area contributed by atoms with Crippen molar-refractivity contribution in [1.82, 2.24) is 30.2 Å². The van der Waals surface area contributed by atoms with Gasteiger partial charge in [0.15, 0.2) is 5.82 Å². The molecule has 0 spiro atoms. The Morgan fingerprint density at radius 1 is 1.14 bits per heavy atom. The number of rotatable bonds is 11. The number of nitrogens with two attached hydrogens (primary N) is 1. The zero-order chi connectivity index (χ0) is 24.8. The summed E-state index contributed by atoms with van der Waals surface area (Å²) < 4.78 is 2.06. The summed E-state index contributed by atoms with van der Waals surface area (Å²) in [7, 11) is 0. The van der Waals surface area contributed by atoms with Crippen LogP contribution in [0.2, 0.25) is 10.0 Å². The first kappa shape index (κ1) is 24.9. The predicted octanol–water partition coefficient (Wildman–Crippen LogP) is 4.69. The Kier molecular flexibility index (Phi) is 8.15. The molecule has 182 valence electrons. The number of H-pyrrole nitrogens is 1. The van der Waals surface area contributed by atoms with E-state index in [1.54, 1.807) is 12.3 Å². The number of primary amides is 1. The Balaban J connectivity index is 1.92. The standard InChI is InChI=1S/C25H27Cl2N7O/c1-2-3-12-22-29-15-18(14-21(28)35)34(22)24(25-30-32-33-31-25)19(16-8-5-4-6-9-16)13-17-10-7-11-20(26)23(17)27/h4-11,15,19,24H,2-3,12-14H2,1H3,(H2,28,35)(H,30,31,32,33). The van der Waals surface area contributed by atoms with Crippen molar-refractivity contribution in [3.8, 4) is 0 Å². The van der Waals surface area contributed by atoms with Gasteiger partial charge >= 0.3 is 0 Å². The monoisotopic (exact) mass is 511 g/mol. The molecule has 35 heavy (non-hydrogen) atoms. The van der Waals surface area contributed by atoms with E-state index in [0.29, 0.717) is 28.0 Å². The molecule has 0 radical (unpaired) electrons. The van der Waals surface area contributed by atoms with Crippen molar-refractivity contribution in [2.45, 2.75) is 51.0 Å². The number of unbranched alkanes of at least 4 members (excludes halogenated alkanes) is 1. The number of hydrogen-bond donors (Lipinski definition) is 2. The number of halogens is 2. The second-order valence-corrected chi connectivity index (χ2v) is 9.22. The molecular weight excluding hydrogens is 485 g/mol. The first-order valence-corrected chi connectivity index (χ1v) is 12.3. The van der Waals surface area contributed by atoms with Gasteiger partial charge in [-0.3, -0.25) is 4.79 Å². The van der Waals surface area contributed by atoms with Crippen LogP contribution in [0.5, 0.6) is 0 Å². The Hall–Kier alpha value is -3.23. The fourth-order valence-electron chi connectivity index (χ4n) is 4.43. The average Bonchev–Trinajstić information content (AvgIpc) is 3.51. The smallest absolute Gasteiger partial charge is 0.223 e. The number of hydrogen-bond acceptors (Lipinski definition) is 5. The van der Waals surface area contributed by atoms with E-state index in [-0.39, 0.29) is 12.3 Å². The third-order valence-corrected chi connectivity index (χ3v) is 6.90. The summed E-state index contributed by atoms with van der Waals surface area (Å²) in [5.41, 5.74) is 8.26. The molecule has 2 atom stereocenters. The van der Waals surface area contributed by atoms with Crippen molar-refractivity contribution in [2.24, 2.45) is 5.73 Å². The predicted molar refractivity (Wildman–Crippen MR) is 135 cm³/mol. The topological polar surface area (TPSA) is 115 Å². The van der Waals surface area contributed by atoms with Crippen molar-refractivity contribution in [3.63, 3.8) is 0 Å². The van der Waals surface area contributed by atoms with Crippen LogP contribution in [0.3, 0.4) is 0 Å². The highest BCUT2D eigenvalue weighted by molar-refractivity contribution is 6.42. The van der Waals surface area contributed by atoms with Crippen molar-refractivity contribution in [1.29, 1.82) is 0 Å². The third kappa shape index (κ3) is 5.71. The number of imidazole rings is 1. The number of amides is 1. The Bertz CT molecular complexity index is 1260. The van der Waals surface area contributed by atoms with Gasteiger partial charge in [-0.1, -0.05) is 84.2 Å². The molecule has 4 aromatic rings. The number of carbonyl (C=O) groups excluding carboxylic acids is 1. The van der Waals surface area contributed by atoms with Crippen molar-refractivity contribution in [2.75, 3.05) is 0 Å². The summed E-state index contributed by atoms with van der Waals surface area (Å²) in [6.45, 7) is 2.13. The van der Waals surface area contributed by atoms with Gasteiger partial charge in [0.2, 0.25) is 5.91 Å². The first-order valence-electron chi connectivity index (χ1n) is 11.5. The average molecular weight is 512 g/mol. The van der Waals surface area contributed by atoms with Gasteiger partial charge in [0.05, 0.1) is 16.5 Å². The highest BCUT2D eigenvalue weighted by Crippen LogP contribution is 2.39. The molecule has 2 heterocycles. The largest absolute Gasteiger partial charge is 0.369 e. The lowest BCUT2D eigenvalue weighted by Gasteiger charge is -2.30. The third-order valence-electron chi connectivity index (χ3n) is 6.04. The lowest BCUT2D eigenvalue weighted by molar-refractivity contribution is -0.117. The molecule has 0 aliphatic carbocycles. The molecule has 4 rings (SSSR count). The maximum atomic E-state index is 12.0. The Labute approximate surface area is 213 Å². The highest BCUT2D eigenvalue weighted by atomic mass is 35.5. The molecule has 1 amide bonds. The number of benzene rings is 2. The molecule has 8 nitrogen and oxygen atoms in total. The number of tetrazole rings is 1. The van der Waals surface area contributed by atoms with E-state index < -0.39 is 11.9 Å². The van der Waals surface area contributed by atoms with Crippen LogP contribution >= 0.6 is 23.2 Å². The molecule has 10 heteroatoms. The van der Waals surface area contributed by atoms with Gasteiger partial charge < -0.3 is 10.3 Å². The number of aromatic amines is 1. The van der Waals surface area contributed by atoms with E-state index in [2.05, 4.69) is 49.2 Å². The van der Waals surface area contributed by atoms with Crippen LogP contribution in [0.1, 0.15) is 60.2 Å². The Morgan fingerprint density at radius 2 is 1.94 bits per heavy atom. The molecule has 0 saturated heterocycles. The van der Waals surface area contributed by atoms with Gasteiger partial charge in [0, 0.05) is 24.2 Å². The summed E-state index contributed by atoms with van der Waals surface area (Å²) in [5, 5.41) is 16.2. The zero-order valence-electron chi connectivity index (χ0n) is 19.4. The molecule has 0 aliphatic heterocycles. The zero-order valence-corrected chi connectivity index (χ0v) is 20.9. The van der Waals surface area contributed by atoms with Crippen LogP contribution in [0.4, 0.5) is 0 Å². The van der Waals surface area contributed by atoms with E-state index in [0.717, 1.165) is 36.2 Å². The molecule has 2 aromatic carbocycles. The maximum Gasteiger partial charge on any atom is 0.223 e. The van der Waals surface area contributed by atoms with Gasteiger partial charge in [-0.15, -0.1) is 10.2 Å². The summed E-state index contributed by atoms with van der Waals surface area (Å²) >= 11 is 13.0. The molecule has 2 aromatic heterocycles. The molecule has 0 saturated carbocycles. The van der Waals surface area contributed by atoms with Crippen LogP contribution in [-0.2, 0) is 24.1 Å². The van der Waals surface area contributed by atoms with E-state index >= 15 is 0 Å². The molecular formula is C25H27Cl2N7O.